The zero-order valence-electron chi connectivity index (χ0n) is 5.08. The summed E-state index contributed by atoms with van der Waals surface area (Å²) in [6, 6.07) is -0.269. The Kier molecular flexibility index (Phi) is 1.72. The number of carbonyl (C=O) groups excluding carboxylic acids is 1. The van der Waals surface area contributed by atoms with E-state index in [4.69, 9.17) is 5.73 Å². The lowest BCUT2D eigenvalue weighted by molar-refractivity contribution is -0.120. The summed E-state index contributed by atoms with van der Waals surface area (Å²) in [6.45, 7) is 0. The van der Waals surface area contributed by atoms with Gasteiger partial charge in [-0.1, -0.05) is 6.08 Å². The van der Waals surface area contributed by atoms with Crippen molar-refractivity contribution >= 4 is 5.91 Å². The first-order valence-electron chi connectivity index (χ1n) is 2.95. The Balaban J connectivity index is 2.44. The standard InChI is InChI=1S/C6H9N2O/c7-6(9)5-3-1-2-4-8-5/h2,4-5H,1,3H2,(H2,7,9). The SMILES string of the molecule is NC(=O)C1CCC=C[N]1. The van der Waals surface area contributed by atoms with Crippen LogP contribution in [0.1, 0.15) is 12.8 Å². The van der Waals surface area contributed by atoms with Crippen molar-refractivity contribution in [2.45, 2.75) is 18.9 Å². The van der Waals surface area contributed by atoms with Gasteiger partial charge in [-0.25, -0.2) is 0 Å². The van der Waals surface area contributed by atoms with E-state index < -0.39 is 0 Å². The minimum absolute atomic E-state index is 0.269. The largest absolute Gasteiger partial charge is 0.368 e. The second-order valence-electron chi connectivity index (χ2n) is 2.03. The third-order valence-corrected chi connectivity index (χ3v) is 1.31. The molecule has 0 aromatic heterocycles. The Morgan fingerprint density at radius 1 is 1.78 bits per heavy atom. The van der Waals surface area contributed by atoms with Crippen LogP contribution in [0.2, 0.25) is 0 Å². The minimum Gasteiger partial charge on any atom is -0.368 e. The van der Waals surface area contributed by atoms with Gasteiger partial charge in [0.05, 0.1) is 0 Å². The highest BCUT2D eigenvalue weighted by molar-refractivity contribution is 5.80. The van der Waals surface area contributed by atoms with E-state index in [2.05, 4.69) is 5.32 Å². The predicted octanol–water partition coefficient (Wildman–Crippen LogP) is -0.248. The van der Waals surface area contributed by atoms with Crippen molar-refractivity contribution in [2.24, 2.45) is 5.73 Å². The topological polar surface area (TPSA) is 57.2 Å². The van der Waals surface area contributed by atoms with E-state index in [9.17, 15) is 4.79 Å². The number of nitrogens with two attached hydrogens (primary N) is 1. The van der Waals surface area contributed by atoms with Gasteiger partial charge >= 0.3 is 0 Å². The van der Waals surface area contributed by atoms with Crippen molar-refractivity contribution in [3.05, 3.63) is 12.3 Å². The van der Waals surface area contributed by atoms with Gasteiger partial charge in [-0.15, -0.1) is 0 Å². The summed E-state index contributed by atoms with van der Waals surface area (Å²) in [5.41, 5.74) is 5.00. The number of nitrogens with zero attached hydrogens (tertiary/aromatic N) is 1. The molecule has 1 unspecified atom stereocenters. The van der Waals surface area contributed by atoms with E-state index in [0.717, 1.165) is 12.8 Å². The van der Waals surface area contributed by atoms with Gasteiger partial charge in [0.1, 0.15) is 6.04 Å². The Hall–Kier alpha value is -0.990. The molecular weight excluding hydrogens is 116 g/mol. The van der Waals surface area contributed by atoms with Crippen LogP contribution in [0, 0.1) is 0 Å². The van der Waals surface area contributed by atoms with Crippen LogP contribution in [0.3, 0.4) is 0 Å². The molecule has 1 heterocycles. The Labute approximate surface area is 53.9 Å². The van der Waals surface area contributed by atoms with Crippen LogP contribution >= 0.6 is 0 Å². The van der Waals surface area contributed by atoms with E-state index in [1.165, 1.54) is 0 Å². The van der Waals surface area contributed by atoms with E-state index in [0.29, 0.717) is 0 Å². The lowest BCUT2D eigenvalue weighted by Gasteiger charge is -2.12. The molecule has 0 spiro atoms. The maximum absolute atomic E-state index is 10.4. The number of carbonyl (C=O) groups is 1. The Morgan fingerprint density at radius 3 is 2.89 bits per heavy atom. The number of hydrogen-bond donors (Lipinski definition) is 1. The molecule has 49 valence electrons. The first-order chi connectivity index (χ1) is 4.30. The zero-order chi connectivity index (χ0) is 6.69. The normalized spacial score (nSPS) is 25.1. The molecule has 3 nitrogen and oxygen atoms in total. The molecule has 0 saturated heterocycles. The van der Waals surface area contributed by atoms with Crippen molar-refractivity contribution in [3.8, 4) is 0 Å². The molecule has 0 bridgehead atoms. The third-order valence-electron chi connectivity index (χ3n) is 1.31. The highest BCUT2D eigenvalue weighted by Crippen LogP contribution is 2.04. The smallest absolute Gasteiger partial charge is 0.242 e. The van der Waals surface area contributed by atoms with Gasteiger partial charge in [-0.2, -0.15) is 0 Å². The highest BCUT2D eigenvalue weighted by Gasteiger charge is 2.15. The fourth-order valence-corrected chi connectivity index (χ4v) is 0.784. The molecule has 1 aliphatic rings. The van der Waals surface area contributed by atoms with Crippen LogP contribution < -0.4 is 11.1 Å². The summed E-state index contributed by atoms with van der Waals surface area (Å²) in [5, 5.41) is 3.87. The molecular formula is C6H9N2O. The predicted molar refractivity (Wildman–Crippen MR) is 33.5 cm³/mol. The Bertz CT molecular complexity index is 142. The molecule has 1 atom stereocenters. The van der Waals surface area contributed by atoms with Gasteiger partial charge in [-0.05, 0) is 12.8 Å². The maximum atomic E-state index is 10.4. The molecule has 0 saturated carbocycles. The minimum atomic E-state index is -0.320. The average Bonchev–Trinajstić information content (AvgIpc) is 1.90. The van der Waals surface area contributed by atoms with Crippen molar-refractivity contribution in [3.63, 3.8) is 0 Å². The van der Waals surface area contributed by atoms with Gasteiger partial charge in [0.15, 0.2) is 0 Å². The number of hydrogen-bond acceptors (Lipinski definition) is 1. The molecule has 2 N–H and O–H groups in total. The third kappa shape index (κ3) is 1.45. The second kappa shape index (κ2) is 2.53. The van der Waals surface area contributed by atoms with Gasteiger partial charge < -0.3 is 5.73 Å². The molecule has 9 heavy (non-hydrogen) atoms. The Morgan fingerprint density at radius 2 is 2.56 bits per heavy atom. The highest BCUT2D eigenvalue weighted by atomic mass is 16.1. The first kappa shape index (κ1) is 6.13. The molecule has 0 aromatic carbocycles. The quantitative estimate of drug-likeness (QED) is 0.516. The average molecular weight is 125 g/mol. The summed E-state index contributed by atoms with van der Waals surface area (Å²) < 4.78 is 0. The van der Waals surface area contributed by atoms with Crippen molar-refractivity contribution in [1.29, 1.82) is 0 Å². The van der Waals surface area contributed by atoms with Crippen LogP contribution in [-0.2, 0) is 4.79 Å². The first-order valence-corrected chi connectivity index (χ1v) is 2.95. The van der Waals surface area contributed by atoms with E-state index in [-0.39, 0.29) is 11.9 Å². The molecule has 1 amide bonds. The van der Waals surface area contributed by atoms with Crippen molar-refractivity contribution < 1.29 is 4.79 Å². The summed E-state index contributed by atoms with van der Waals surface area (Å²) in [5.74, 6) is -0.320. The molecule has 0 fully saturated rings. The zero-order valence-corrected chi connectivity index (χ0v) is 5.08. The van der Waals surface area contributed by atoms with E-state index >= 15 is 0 Å². The molecule has 1 rings (SSSR count). The molecule has 3 heteroatoms. The van der Waals surface area contributed by atoms with E-state index in [1.807, 2.05) is 6.08 Å². The van der Waals surface area contributed by atoms with Crippen LogP contribution in [0.15, 0.2) is 12.3 Å². The lowest BCUT2D eigenvalue weighted by atomic mass is 10.1. The van der Waals surface area contributed by atoms with E-state index in [1.54, 1.807) is 6.20 Å². The van der Waals surface area contributed by atoms with Crippen LogP contribution in [0.5, 0.6) is 0 Å². The number of amides is 1. The number of primary amides is 1. The van der Waals surface area contributed by atoms with Gasteiger partial charge in [-0.3, -0.25) is 10.1 Å². The summed E-state index contributed by atoms with van der Waals surface area (Å²) in [4.78, 5) is 10.4. The number of allylic oxidation sites excluding steroid dienone is 1. The van der Waals surface area contributed by atoms with Crippen molar-refractivity contribution in [2.75, 3.05) is 0 Å². The monoisotopic (exact) mass is 125 g/mol. The van der Waals surface area contributed by atoms with Crippen LogP contribution in [-0.4, -0.2) is 11.9 Å². The fourth-order valence-electron chi connectivity index (χ4n) is 0.784. The van der Waals surface area contributed by atoms with Gasteiger partial charge in [0.25, 0.3) is 0 Å². The van der Waals surface area contributed by atoms with Crippen LogP contribution in [0.25, 0.3) is 0 Å². The fraction of sp³-hybridized carbons (Fsp3) is 0.500. The van der Waals surface area contributed by atoms with Gasteiger partial charge in [0.2, 0.25) is 5.91 Å². The molecule has 0 aliphatic carbocycles. The molecule has 0 aromatic rings. The van der Waals surface area contributed by atoms with Gasteiger partial charge in [0, 0.05) is 6.20 Å². The lowest BCUT2D eigenvalue weighted by Crippen LogP contribution is -2.35. The summed E-state index contributed by atoms with van der Waals surface area (Å²) in [6.07, 6.45) is 5.27. The summed E-state index contributed by atoms with van der Waals surface area (Å²) in [7, 11) is 0. The second-order valence-corrected chi connectivity index (χ2v) is 2.03. The maximum Gasteiger partial charge on any atom is 0.242 e. The summed E-state index contributed by atoms with van der Waals surface area (Å²) >= 11 is 0. The van der Waals surface area contributed by atoms with Crippen molar-refractivity contribution in [1.82, 2.24) is 5.32 Å². The number of rotatable bonds is 1. The molecule has 1 aliphatic heterocycles. The van der Waals surface area contributed by atoms with Crippen LogP contribution in [0.4, 0.5) is 0 Å². The molecule has 1 radical (unpaired) electrons.